The molecule has 1 fully saturated rings. The van der Waals surface area contributed by atoms with Crippen molar-refractivity contribution < 1.29 is 9.53 Å². The van der Waals surface area contributed by atoms with Gasteiger partial charge in [0.25, 0.3) is 5.91 Å². The van der Waals surface area contributed by atoms with E-state index in [0.29, 0.717) is 17.7 Å². The Hall–Kier alpha value is -0.940. The summed E-state index contributed by atoms with van der Waals surface area (Å²) in [5.41, 5.74) is 0. The Kier molecular flexibility index (Phi) is 3.33. The summed E-state index contributed by atoms with van der Waals surface area (Å²) < 4.78 is 5.26. The van der Waals surface area contributed by atoms with Gasteiger partial charge in [0.05, 0.1) is 6.61 Å². The van der Waals surface area contributed by atoms with Crippen molar-refractivity contribution in [3.63, 3.8) is 0 Å². The van der Waals surface area contributed by atoms with Crippen LogP contribution >= 0.6 is 11.3 Å². The van der Waals surface area contributed by atoms with Gasteiger partial charge in [-0.1, -0.05) is 0 Å². The highest BCUT2D eigenvalue weighted by Gasteiger charge is 2.21. The van der Waals surface area contributed by atoms with E-state index in [1.165, 1.54) is 24.2 Å². The summed E-state index contributed by atoms with van der Waals surface area (Å²) in [6, 6.07) is 0. The predicted octanol–water partition coefficient (Wildman–Crippen LogP) is 1.82. The molecule has 5 heteroatoms. The zero-order chi connectivity index (χ0) is 10.7. The van der Waals surface area contributed by atoms with Crippen LogP contribution in [0.2, 0.25) is 0 Å². The summed E-state index contributed by atoms with van der Waals surface area (Å²) in [6.07, 6.45) is 4.23. The number of ether oxygens (including phenoxy) is 1. The molecule has 0 unspecified atom stereocenters. The van der Waals surface area contributed by atoms with Crippen molar-refractivity contribution in [2.45, 2.75) is 19.8 Å². The number of anilines is 1. The Balaban J connectivity index is 1.67. The third-order valence-electron chi connectivity index (χ3n) is 2.15. The van der Waals surface area contributed by atoms with E-state index in [2.05, 4.69) is 10.3 Å². The van der Waals surface area contributed by atoms with Gasteiger partial charge in [0.2, 0.25) is 0 Å². The fourth-order valence-electron chi connectivity index (χ4n) is 1.17. The van der Waals surface area contributed by atoms with Crippen LogP contribution in [-0.4, -0.2) is 24.1 Å². The lowest BCUT2D eigenvalue weighted by molar-refractivity contribution is -0.120. The van der Waals surface area contributed by atoms with Crippen LogP contribution in [0, 0.1) is 12.8 Å². The minimum absolute atomic E-state index is 0.120. The van der Waals surface area contributed by atoms with Crippen LogP contribution < -0.4 is 5.32 Å². The maximum atomic E-state index is 11.4. The van der Waals surface area contributed by atoms with E-state index in [1.807, 2.05) is 6.92 Å². The number of nitrogens with one attached hydrogen (secondary N) is 1. The first kappa shape index (κ1) is 10.6. The van der Waals surface area contributed by atoms with Crippen LogP contribution in [0.1, 0.15) is 17.7 Å². The van der Waals surface area contributed by atoms with Crippen molar-refractivity contribution in [1.29, 1.82) is 0 Å². The van der Waals surface area contributed by atoms with Crippen molar-refractivity contribution in [2.24, 2.45) is 5.92 Å². The topological polar surface area (TPSA) is 51.2 Å². The highest BCUT2D eigenvalue weighted by molar-refractivity contribution is 7.15. The highest BCUT2D eigenvalue weighted by Crippen LogP contribution is 2.28. The predicted molar refractivity (Wildman–Crippen MR) is 59.0 cm³/mol. The number of carbonyl (C=O) groups excluding carboxylic acids is 1. The molecule has 82 valence electrons. The number of aryl methyl sites for hydroxylation is 1. The first-order valence-electron chi connectivity index (χ1n) is 5.04. The standard InChI is InChI=1S/C10H14N2O2S/c1-7-4-11-10(15-7)12-9(13)6-14-5-8-2-3-8/h4,8H,2-3,5-6H2,1H3,(H,11,12,13). The summed E-state index contributed by atoms with van der Waals surface area (Å²) in [5, 5.41) is 3.35. The number of hydrogen-bond acceptors (Lipinski definition) is 4. The molecule has 1 aliphatic rings. The molecule has 1 aliphatic carbocycles. The first-order valence-corrected chi connectivity index (χ1v) is 5.85. The second-order valence-corrected chi connectivity index (χ2v) is 5.02. The normalized spacial score (nSPS) is 15.3. The van der Waals surface area contributed by atoms with Crippen molar-refractivity contribution >= 4 is 22.4 Å². The summed E-state index contributed by atoms with van der Waals surface area (Å²) in [5.74, 6) is 0.574. The number of carbonyl (C=O) groups is 1. The average Bonchev–Trinajstić information content (AvgIpc) is 2.91. The van der Waals surface area contributed by atoms with Gasteiger partial charge < -0.3 is 4.74 Å². The summed E-state index contributed by atoms with van der Waals surface area (Å²) in [4.78, 5) is 16.5. The number of aromatic nitrogens is 1. The second kappa shape index (κ2) is 4.72. The quantitative estimate of drug-likeness (QED) is 0.833. The molecule has 1 amide bonds. The van der Waals surface area contributed by atoms with Crippen molar-refractivity contribution in [3.05, 3.63) is 11.1 Å². The third kappa shape index (κ3) is 3.60. The lowest BCUT2D eigenvalue weighted by Crippen LogP contribution is -2.18. The largest absolute Gasteiger partial charge is 0.371 e. The van der Waals surface area contributed by atoms with Gasteiger partial charge >= 0.3 is 0 Å². The zero-order valence-corrected chi connectivity index (χ0v) is 9.47. The van der Waals surface area contributed by atoms with E-state index in [9.17, 15) is 4.79 Å². The Labute approximate surface area is 92.7 Å². The minimum Gasteiger partial charge on any atom is -0.371 e. The lowest BCUT2D eigenvalue weighted by atomic mass is 10.5. The maximum Gasteiger partial charge on any atom is 0.252 e. The molecule has 1 N–H and O–H groups in total. The van der Waals surface area contributed by atoms with Crippen molar-refractivity contribution in [1.82, 2.24) is 4.98 Å². The number of rotatable bonds is 5. The SMILES string of the molecule is Cc1cnc(NC(=O)COCC2CC2)s1. The molecule has 0 atom stereocenters. The Morgan fingerprint density at radius 3 is 3.13 bits per heavy atom. The van der Waals surface area contributed by atoms with E-state index >= 15 is 0 Å². The smallest absolute Gasteiger partial charge is 0.252 e. The van der Waals surface area contributed by atoms with Crippen LogP contribution in [-0.2, 0) is 9.53 Å². The number of hydrogen-bond donors (Lipinski definition) is 1. The molecule has 0 aromatic carbocycles. The maximum absolute atomic E-state index is 11.4. The van der Waals surface area contributed by atoms with E-state index in [-0.39, 0.29) is 12.5 Å². The van der Waals surface area contributed by atoms with Crippen LogP contribution in [0.3, 0.4) is 0 Å². The highest BCUT2D eigenvalue weighted by atomic mass is 32.1. The lowest BCUT2D eigenvalue weighted by Gasteiger charge is -2.02. The van der Waals surface area contributed by atoms with Gasteiger partial charge in [0, 0.05) is 11.1 Å². The molecule has 15 heavy (non-hydrogen) atoms. The summed E-state index contributed by atoms with van der Waals surface area (Å²) >= 11 is 1.47. The fourth-order valence-corrected chi connectivity index (χ4v) is 1.85. The van der Waals surface area contributed by atoms with E-state index in [1.54, 1.807) is 6.20 Å². The van der Waals surface area contributed by atoms with Gasteiger partial charge in [-0.25, -0.2) is 4.98 Å². The molecule has 0 aliphatic heterocycles. The van der Waals surface area contributed by atoms with Crippen molar-refractivity contribution in [2.75, 3.05) is 18.5 Å². The summed E-state index contributed by atoms with van der Waals surface area (Å²) in [7, 11) is 0. The number of thiazole rings is 1. The molecule has 1 aromatic rings. The van der Waals surface area contributed by atoms with Crippen molar-refractivity contribution in [3.8, 4) is 0 Å². The molecule has 4 nitrogen and oxygen atoms in total. The Morgan fingerprint density at radius 1 is 1.73 bits per heavy atom. The van der Waals surface area contributed by atoms with Gasteiger partial charge in [0.15, 0.2) is 5.13 Å². The van der Waals surface area contributed by atoms with Crippen LogP contribution in [0.25, 0.3) is 0 Å². The second-order valence-electron chi connectivity index (χ2n) is 3.78. The van der Waals surface area contributed by atoms with Gasteiger partial charge in [-0.2, -0.15) is 0 Å². The molecule has 0 radical (unpaired) electrons. The monoisotopic (exact) mass is 226 g/mol. The van der Waals surface area contributed by atoms with Gasteiger partial charge in [-0.3, -0.25) is 10.1 Å². The average molecular weight is 226 g/mol. The molecular formula is C10H14N2O2S. The molecular weight excluding hydrogens is 212 g/mol. The van der Waals surface area contributed by atoms with Gasteiger partial charge in [0.1, 0.15) is 6.61 Å². The van der Waals surface area contributed by atoms with Gasteiger partial charge in [-0.05, 0) is 25.7 Å². The molecule has 0 saturated heterocycles. The van der Waals surface area contributed by atoms with Gasteiger partial charge in [-0.15, -0.1) is 11.3 Å². The van der Waals surface area contributed by atoms with E-state index in [0.717, 1.165) is 4.88 Å². The fraction of sp³-hybridized carbons (Fsp3) is 0.600. The molecule has 0 bridgehead atoms. The minimum atomic E-state index is -0.120. The van der Waals surface area contributed by atoms with E-state index < -0.39 is 0 Å². The van der Waals surface area contributed by atoms with Crippen LogP contribution in [0.15, 0.2) is 6.20 Å². The zero-order valence-electron chi connectivity index (χ0n) is 8.66. The Bertz CT molecular complexity index is 347. The third-order valence-corrected chi connectivity index (χ3v) is 2.98. The van der Waals surface area contributed by atoms with E-state index in [4.69, 9.17) is 4.74 Å². The Morgan fingerprint density at radius 2 is 2.53 bits per heavy atom. The first-order chi connectivity index (χ1) is 7.24. The van der Waals surface area contributed by atoms with Crippen LogP contribution in [0.4, 0.5) is 5.13 Å². The summed E-state index contributed by atoms with van der Waals surface area (Å²) in [6.45, 7) is 2.80. The molecule has 1 saturated carbocycles. The number of amides is 1. The molecule has 0 spiro atoms. The van der Waals surface area contributed by atoms with Crippen LogP contribution in [0.5, 0.6) is 0 Å². The number of nitrogens with zero attached hydrogens (tertiary/aromatic N) is 1. The molecule has 1 aromatic heterocycles. The molecule has 2 rings (SSSR count). The molecule has 1 heterocycles.